The lowest BCUT2D eigenvalue weighted by molar-refractivity contribution is 0.399. The van der Waals surface area contributed by atoms with Crippen molar-refractivity contribution in [3.8, 4) is 68.3 Å². The van der Waals surface area contributed by atoms with Crippen LogP contribution in [-0.2, 0) is 5.41 Å². The number of nitrogens with zero attached hydrogens (tertiary/aromatic N) is 3. The third-order valence-corrected chi connectivity index (χ3v) is 9.85. The lowest BCUT2D eigenvalue weighted by Gasteiger charge is -2.44. The van der Waals surface area contributed by atoms with Crippen LogP contribution in [0.1, 0.15) is 22.3 Å². The van der Waals surface area contributed by atoms with Gasteiger partial charge in [-0.15, -0.1) is 0 Å². The molecule has 2 aliphatic heterocycles. The summed E-state index contributed by atoms with van der Waals surface area (Å²) in [7, 11) is 0. The molecule has 0 radical (unpaired) electrons. The van der Waals surface area contributed by atoms with E-state index in [0.29, 0.717) is 17.5 Å². The van der Waals surface area contributed by atoms with Gasteiger partial charge in [0.05, 0.1) is 5.41 Å². The molecule has 8 aromatic rings. The molecule has 51 heavy (non-hydrogen) atoms. The van der Waals surface area contributed by atoms with E-state index in [0.717, 1.165) is 73.1 Å². The first kappa shape index (κ1) is 29.1. The van der Waals surface area contributed by atoms with E-state index in [9.17, 15) is 0 Å². The second-order valence-electron chi connectivity index (χ2n) is 12.8. The number of para-hydroxylation sites is 3. The van der Waals surface area contributed by atoms with Crippen LogP contribution in [0.3, 0.4) is 0 Å². The molecule has 0 atom stereocenters. The van der Waals surface area contributed by atoms with Gasteiger partial charge < -0.3 is 9.47 Å². The monoisotopic (exact) mass is 655 g/mol. The van der Waals surface area contributed by atoms with Crippen LogP contribution in [0.15, 0.2) is 176 Å². The van der Waals surface area contributed by atoms with Crippen LogP contribution < -0.4 is 9.47 Å². The number of ether oxygens (including phenoxy) is 2. The molecule has 0 unspecified atom stereocenters. The Morgan fingerprint density at radius 2 is 0.706 bits per heavy atom. The molecule has 0 bridgehead atoms. The maximum Gasteiger partial charge on any atom is 0.164 e. The molecule has 7 aromatic carbocycles. The first-order valence-electron chi connectivity index (χ1n) is 17.0. The summed E-state index contributed by atoms with van der Waals surface area (Å²) in [5.41, 5.74) is 8.36. The Hall–Kier alpha value is -6.85. The Bertz CT molecular complexity index is 2500. The molecule has 240 valence electrons. The van der Waals surface area contributed by atoms with Crippen LogP contribution in [0, 0.1) is 0 Å². The molecular weight excluding hydrogens is 627 g/mol. The van der Waals surface area contributed by atoms with E-state index in [1.165, 1.54) is 0 Å². The van der Waals surface area contributed by atoms with Crippen LogP contribution in [0.5, 0.6) is 23.0 Å². The minimum atomic E-state index is -0.715. The van der Waals surface area contributed by atoms with Crippen LogP contribution in [-0.4, -0.2) is 15.0 Å². The molecule has 2 aliphatic rings. The quantitative estimate of drug-likeness (QED) is 0.189. The Morgan fingerprint density at radius 1 is 0.294 bits per heavy atom. The number of hydrogen-bond acceptors (Lipinski definition) is 5. The SMILES string of the molecule is c1ccc(-c2cccc(-c3nc(-c4ccccc4)nc(-c4ccc5c(c4)C4(c6ccccc6Oc6ccccc64)c4ccccc4O5)n3)c2)cc1. The van der Waals surface area contributed by atoms with Gasteiger partial charge in [-0.1, -0.05) is 133 Å². The molecule has 10 rings (SSSR count). The summed E-state index contributed by atoms with van der Waals surface area (Å²) in [6.07, 6.45) is 0. The van der Waals surface area contributed by atoms with E-state index in [1.807, 2.05) is 84.9 Å². The van der Waals surface area contributed by atoms with E-state index < -0.39 is 5.41 Å². The van der Waals surface area contributed by atoms with E-state index in [4.69, 9.17) is 24.4 Å². The van der Waals surface area contributed by atoms with Gasteiger partial charge >= 0.3 is 0 Å². The molecule has 5 nitrogen and oxygen atoms in total. The average molecular weight is 656 g/mol. The topological polar surface area (TPSA) is 57.1 Å². The van der Waals surface area contributed by atoms with E-state index in [1.54, 1.807) is 0 Å². The van der Waals surface area contributed by atoms with Crippen molar-refractivity contribution in [3.63, 3.8) is 0 Å². The molecule has 5 heteroatoms. The minimum absolute atomic E-state index is 0.578. The van der Waals surface area contributed by atoms with Gasteiger partial charge in [-0.3, -0.25) is 0 Å². The smallest absolute Gasteiger partial charge is 0.164 e. The van der Waals surface area contributed by atoms with Crippen molar-refractivity contribution in [2.45, 2.75) is 5.41 Å². The third-order valence-electron chi connectivity index (χ3n) is 9.85. The summed E-state index contributed by atoms with van der Waals surface area (Å²) in [6, 6.07) is 60.0. The summed E-state index contributed by atoms with van der Waals surface area (Å²) in [6.45, 7) is 0. The zero-order valence-corrected chi connectivity index (χ0v) is 27.4. The van der Waals surface area contributed by atoms with Crippen LogP contribution in [0.25, 0.3) is 45.3 Å². The van der Waals surface area contributed by atoms with Gasteiger partial charge in [0, 0.05) is 38.9 Å². The van der Waals surface area contributed by atoms with Crippen molar-refractivity contribution < 1.29 is 9.47 Å². The largest absolute Gasteiger partial charge is 0.457 e. The van der Waals surface area contributed by atoms with E-state index in [2.05, 4.69) is 91.0 Å². The van der Waals surface area contributed by atoms with Crippen LogP contribution in [0.4, 0.5) is 0 Å². The zero-order valence-electron chi connectivity index (χ0n) is 27.4. The predicted octanol–water partition coefficient (Wildman–Crippen LogP) is 11.1. The van der Waals surface area contributed by atoms with Gasteiger partial charge in [0.25, 0.3) is 0 Å². The first-order valence-corrected chi connectivity index (χ1v) is 17.0. The highest BCUT2D eigenvalue weighted by Gasteiger charge is 2.50. The third kappa shape index (κ3) is 4.67. The molecule has 1 aromatic heterocycles. The fraction of sp³-hybridized carbons (Fsp3) is 0.0217. The molecule has 0 aliphatic carbocycles. The summed E-state index contributed by atoms with van der Waals surface area (Å²) in [5.74, 6) is 5.01. The second-order valence-corrected chi connectivity index (χ2v) is 12.8. The maximum atomic E-state index is 6.67. The number of rotatable bonds is 4. The lowest BCUT2D eigenvalue weighted by Crippen LogP contribution is -2.36. The van der Waals surface area contributed by atoms with Gasteiger partial charge in [0.15, 0.2) is 17.5 Å². The highest BCUT2D eigenvalue weighted by Crippen LogP contribution is 2.61. The molecule has 0 saturated carbocycles. The molecular formula is C46H29N3O2. The van der Waals surface area contributed by atoms with Gasteiger partial charge in [-0.2, -0.15) is 0 Å². The Labute approximate surface area is 295 Å². The molecule has 0 fully saturated rings. The number of fused-ring (bicyclic) bond motifs is 8. The van der Waals surface area contributed by atoms with E-state index >= 15 is 0 Å². The van der Waals surface area contributed by atoms with Crippen molar-refractivity contribution in [1.29, 1.82) is 0 Å². The lowest BCUT2D eigenvalue weighted by atomic mass is 9.62. The highest BCUT2D eigenvalue weighted by molar-refractivity contribution is 5.78. The fourth-order valence-corrected chi connectivity index (χ4v) is 7.57. The predicted molar refractivity (Wildman–Crippen MR) is 200 cm³/mol. The van der Waals surface area contributed by atoms with E-state index in [-0.39, 0.29) is 0 Å². The highest BCUT2D eigenvalue weighted by atomic mass is 16.5. The van der Waals surface area contributed by atoms with Crippen molar-refractivity contribution in [2.75, 3.05) is 0 Å². The van der Waals surface area contributed by atoms with Crippen LogP contribution >= 0.6 is 0 Å². The van der Waals surface area contributed by atoms with Gasteiger partial charge in [0.2, 0.25) is 0 Å². The van der Waals surface area contributed by atoms with Gasteiger partial charge in [-0.05, 0) is 53.6 Å². The van der Waals surface area contributed by atoms with Crippen molar-refractivity contribution >= 4 is 0 Å². The molecule has 3 heterocycles. The summed E-state index contributed by atoms with van der Waals surface area (Å²) in [5, 5.41) is 0. The molecule has 1 spiro atoms. The zero-order chi connectivity index (χ0) is 33.8. The number of benzene rings is 7. The minimum Gasteiger partial charge on any atom is -0.457 e. The van der Waals surface area contributed by atoms with Crippen molar-refractivity contribution in [3.05, 3.63) is 198 Å². The Kier molecular flexibility index (Phi) is 6.64. The first-order chi connectivity index (χ1) is 25.3. The second kappa shape index (κ2) is 11.6. The Balaban J connectivity index is 1.21. The molecule has 0 amide bonds. The summed E-state index contributed by atoms with van der Waals surface area (Å²) < 4.78 is 13.2. The Morgan fingerprint density at radius 3 is 1.27 bits per heavy atom. The molecule has 0 N–H and O–H groups in total. The van der Waals surface area contributed by atoms with Crippen LogP contribution in [0.2, 0.25) is 0 Å². The standard InChI is InChI=1S/C46H29N3O2/c1-3-14-30(15-4-1)32-18-13-19-33(28-32)44-47-43(31-16-5-2-6-17-31)48-45(49-44)34-26-27-42-38(29-34)46(37-22-9-12-25-41(37)51-42)35-20-7-10-23-39(35)50-40-24-11-8-21-36(40)46/h1-29H. The number of hydrogen-bond donors (Lipinski definition) is 0. The van der Waals surface area contributed by atoms with Gasteiger partial charge in [-0.25, -0.2) is 15.0 Å². The summed E-state index contributed by atoms with van der Waals surface area (Å²) in [4.78, 5) is 15.3. The van der Waals surface area contributed by atoms with Crippen molar-refractivity contribution in [1.82, 2.24) is 15.0 Å². The fourth-order valence-electron chi connectivity index (χ4n) is 7.57. The normalized spacial score (nSPS) is 13.2. The van der Waals surface area contributed by atoms with Gasteiger partial charge in [0.1, 0.15) is 23.0 Å². The maximum absolute atomic E-state index is 6.67. The average Bonchev–Trinajstić information content (AvgIpc) is 3.21. The summed E-state index contributed by atoms with van der Waals surface area (Å²) >= 11 is 0. The number of aromatic nitrogens is 3. The molecule has 0 saturated heterocycles. The van der Waals surface area contributed by atoms with Crippen molar-refractivity contribution in [2.24, 2.45) is 0 Å².